The van der Waals surface area contributed by atoms with Gasteiger partial charge in [-0.3, -0.25) is 4.79 Å². The van der Waals surface area contributed by atoms with Gasteiger partial charge in [-0.05, 0) is 17.9 Å². The zero-order valence-electron chi connectivity index (χ0n) is 16.7. The minimum Gasteiger partial charge on any atom is -0.355 e. The molecule has 1 N–H and O–H groups in total. The minimum absolute atomic E-state index is 0.0395. The molecule has 0 aliphatic heterocycles. The lowest BCUT2D eigenvalue weighted by Gasteiger charge is -2.05. The molecule has 0 bridgehead atoms. The lowest BCUT2D eigenvalue weighted by molar-refractivity contribution is -0.118. The standard InChI is InChI=1S/C20H24N4OS4/c1-4-9-21-17(25)12-28-20-24-23-19(29-20)27-11-16-10-26-18(22-16)15-7-5-14(6-8-15)13(2)3/h5-8,10,13H,4,9,11-12H2,1-3H3,(H,21,25). The van der Waals surface area contributed by atoms with Gasteiger partial charge in [0, 0.05) is 23.2 Å². The number of rotatable bonds is 10. The second-order valence-electron chi connectivity index (χ2n) is 6.68. The molecule has 0 aliphatic rings. The van der Waals surface area contributed by atoms with Gasteiger partial charge in [-0.15, -0.1) is 21.5 Å². The van der Waals surface area contributed by atoms with Crippen LogP contribution in [0.15, 0.2) is 38.3 Å². The van der Waals surface area contributed by atoms with Gasteiger partial charge in [0.25, 0.3) is 0 Å². The van der Waals surface area contributed by atoms with E-state index in [0.29, 0.717) is 18.2 Å². The monoisotopic (exact) mass is 464 g/mol. The van der Waals surface area contributed by atoms with Crippen LogP contribution in [0.1, 0.15) is 44.4 Å². The highest BCUT2D eigenvalue weighted by Crippen LogP contribution is 2.32. The SMILES string of the molecule is CCCNC(=O)CSc1nnc(SCc2csc(-c3ccc(C(C)C)cc3)n2)s1. The fraction of sp³-hybridized carbons (Fsp3) is 0.400. The first kappa shape index (κ1) is 22.3. The maximum Gasteiger partial charge on any atom is 0.230 e. The Morgan fingerprint density at radius 3 is 2.55 bits per heavy atom. The molecule has 29 heavy (non-hydrogen) atoms. The number of carbonyl (C=O) groups excluding carboxylic acids is 1. The van der Waals surface area contributed by atoms with Crippen LogP contribution in [0, 0.1) is 0 Å². The molecule has 2 aromatic heterocycles. The summed E-state index contributed by atoms with van der Waals surface area (Å²) in [6.07, 6.45) is 0.942. The van der Waals surface area contributed by atoms with E-state index in [1.165, 1.54) is 28.7 Å². The number of nitrogens with zero attached hydrogens (tertiary/aromatic N) is 3. The van der Waals surface area contributed by atoms with E-state index in [1.54, 1.807) is 23.1 Å². The highest BCUT2D eigenvalue weighted by atomic mass is 32.2. The molecule has 1 aromatic carbocycles. The molecule has 0 fully saturated rings. The Bertz CT molecular complexity index is 921. The molecule has 0 unspecified atom stereocenters. The molecule has 154 valence electrons. The van der Waals surface area contributed by atoms with Crippen molar-refractivity contribution in [2.24, 2.45) is 0 Å². The van der Waals surface area contributed by atoms with Crippen molar-refractivity contribution in [1.82, 2.24) is 20.5 Å². The summed E-state index contributed by atoms with van der Waals surface area (Å²) in [5.74, 6) is 1.71. The zero-order valence-corrected chi connectivity index (χ0v) is 19.9. The van der Waals surface area contributed by atoms with Crippen molar-refractivity contribution in [3.05, 3.63) is 40.9 Å². The summed E-state index contributed by atoms with van der Waals surface area (Å²) in [5.41, 5.74) is 3.55. The van der Waals surface area contributed by atoms with Gasteiger partial charge < -0.3 is 5.32 Å². The van der Waals surface area contributed by atoms with E-state index in [1.807, 2.05) is 6.92 Å². The summed E-state index contributed by atoms with van der Waals surface area (Å²) in [6, 6.07) is 8.66. The number of nitrogens with one attached hydrogen (secondary N) is 1. The van der Waals surface area contributed by atoms with E-state index in [4.69, 9.17) is 4.98 Å². The van der Waals surface area contributed by atoms with Gasteiger partial charge in [0.15, 0.2) is 8.68 Å². The van der Waals surface area contributed by atoms with E-state index < -0.39 is 0 Å². The molecule has 5 nitrogen and oxygen atoms in total. The number of thiazole rings is 1. The van der Waals surface area contributed by atoms with E-state index in [-0.39, 0.29) is 5.91 Å². The first-order valence-electron chi connectivity index (χ1n) is 9.45. The van der Waals surface area contributed by atoms with Gasteiger partial charge in [0.1, 0.15) is 5.01 Å². The number of hydrogen-bond acceptors (Lipinski definition) is 8. The number of carbonyl (C=O) groups is 1. The minimum atomic E-state index is 0.0395. The van der Waals surface area contributed by atoms with Crippen LogP contribution >= 0.6 is 46.2 Å². The first-order valence-corrected chi connectivity index (χ1v) is 13.1. The van der Waals surface area contributed by atoms with Crippen molar-refractivity contribution in [3.63, 3.8) is 0 Å². The van der Waals surface area contributed by atoms with Crippen molar-refractivity contribution in [2.75, 3.05) is 12.3 Å². The lowest BCUT2D eigenvalue weighted by atomic mass is 10.0. The Balaban J connectivity index is 1.50. The Morgan fingerprint density at radius 1 is 1.14 bits per heavy atom. The summed E-state index contributed by atoms with van der Waals surface area (Å²) in [4.78, 5) is 16.4. The normalized spacial score (nSPS) is 11.2. The molecule has 9 heteroatoms. The summed E-state index contributed by atoms with van der Waals surface area (Å²) in [5, 5.41) is 14.4. The van der Waals surface area contributed by atoms with Crippen molar-refractivity contribution in [3.8, 4) is 10.6 Å². The average Bonchev–Trinajstić information content (AvgIpc) is 3.38. The second kappa shape index (κ2) is 11.1. The quantitative estimate of drug-likeness (QED) is 0.388. The van der Waals surface area contributed by atoms with Crippen LogP contribution < -0.4 is 5.32 Å². The van der Waals surface area contributed by atoms with Crippen LogP contribution in [0.3, 0.4) is 0 Å². The third-order valence-electron chi connectivity index (χ3n) is 4.01. The lowest BCUT2D eigenvalue weighted by Crippen LogP contribution is -2.25. The maximum absolute atomic E-state index is 11.7. The first-order chi connectivity index (χ1) is 14.0. The van der Waals surface area contributed by atoms with Gasteiger partial charge in [-0.1, -0.05) is 79.9 Å². The Labute approximate surface area is 188 Å². The second-order valence-corrected chi connectivity index (χ2v) is 11.0. The highest BCUT2D eigenvalue weighted by Gasteiger charge is 2.11. The fourth-order valence-corrected chi connectivity index (χ4v) is 6.08. The smallest absolute Gasteiger partial charge is 0.230 e. The van der Waals surface area contributed by atoms with Crippen molar-refractivity contribution in [1.29, 1.82) is 0 Å². The molecule has 0 radical (unpaired) electrons. The maximum atomic E-state index is 11.7. The fourth-order valence-electron chi connectivity index (χ4n) is 2.41. The van der Waals surface area contributed by atoms with Crippen LogP contribution in [0.4, 0.5) is 0 Å². The molecule has 0 aliphatic carbocycles. The number of benzene rings is 1. The molecule has 0 saturated heterocycles. The average molecular weight is 465 g/mol. The third-order valence-corrected chi connectivity index (χ3v) is 8.17. The molecule has 3 rings (SSSR count). The molecular weight excluding hydrogens is 441 g/mol. The van der Waals surface area contributed by atoms with Gasteiger partial charge in [0.2, 0.25) is 5.91 Å². The van der Waals surface area contributed by atoms with E-state index in [2.05, 4.69) is 59.0 Å². The predicted molar refractivity (Wildman–Crippen MR) is 125 cm³/mol. The van der Waals surface area contributed by atoms with Crippen LogP contribution in [0.2, 0.25) is 0 Å². The molecule has 3 aromatic rings. The van der Waals surface area contributed by atoms with Gasteiger partial charge in [-0.25, -0.2) is 4.98 Å². The Morgan fingerprint density at radius 2 is 1.86 bits per heavy atom. The van der Waals surface area contributed by atoms with E-state index in [9.17, 15) is 4.79 Å². The number of amides is 1. The summed E-state index contributed by atoms with van der Waals surface area (Å²) in [6.45, 7) is 7.15. The summed E-state index contributed by atoms with van der Waals surface area (Å²) < 4.78 is 1.72. The van der Waals surface area contributed by atoms with Crippen molar-refractivity contribution < 1.29 is 4.79 Å². The number of hydrogen-bond donors (Lipinski definition) is 1. The van der Waals surface area contributed by atoms with Crippen molar-refractivity contribution in [2.45, 2.75) is 47.5 Å². The predicted octanol–water partition coefficient (Wildman–Crippen LogP) is 5.70. The highest BCUT2D eigenvalue weighted by molar-refractivity contribution is 8.03. The molecule has 1 amide bonds. The van der Waals surface area contributed by atoms with Crippen LogP contribution in [-0.2, 0) is 10.5 Å². The summed E-state index contributed by atoms with van der Waals surface area (Å²) >= 11 is 6.26. The number of aromatic nitrogens is 3. The topological polar surface area (TPSA) is 67.8 Å². The van der Waals surface area contributed by atoms with Crippen LogP contribution in [0.25, 0.3) is 10.6 Å². The molecule has 0 spiro atoms. The Kier molecular flexibility index (Phi) is 8.53. The van der Waals surface area contributed by atoms with E-state index in [0.717, 1.165) is 37.1 Å². The molecular formula is C20H24N4OS4. The van der Waals surface area contributed by atoms with Crippen LogP contribution in [-0.4, -0.2) is 33.4 Å². The summed E-state index contributed by atoms with van der Waals surface area (Å²) in [7, 11) is 0. The number of thioether (sulfide) groups is 2. The zero-order chi connectivity index (χ0) is 20.6. The largest absolute Gasteiger partial charge is 0.355 e. The molecule has 0 atom stereocenters. The molecule has 0 saturated carbocycles. The third kappa shape index (κ3) is 6.80. The molecule has 2 heterocycles. The Hall–Kier alpha value is -1.42. The van der Waals surface area contributed by atoms with Gasteiger partial charge in [-0.2, -0.15) is 0 Å². The van der Waals surface area contributed by atoms with Crippen molar-refractivity contribution >= 4 is 52.1 Å². The van der Waals surface area contributed by atoms with Gasteiger partial charge >= 0.3 is 0 Å². The van der Waals surface area contributed by atoms with Gasteiger partial charge in [0.05, 0.1) is 11.4 Å². The van der Waals surface area contributed by atoms with Crippen LogP contribution in [0.5, 0.6) is 0 Å². The van der Waals surface area contributed by atoms with E-state index >= 15 is 0 Å².